The highest BCUT2D eigenvalue weighted by atomic mass is 16.2. The van der Waals surface area contributed by atoms with E-state index in [4.69, 9.17) is 4.98 Å². The van der Waals surface area contributed by atoms with Crippen molar-refractivity contribution in [2.24, 2.45) is 5.92 Å². The highest BCUT2D eigenvalue weighted by Crippen LogP contribution is 2.37. The van der Waals surface area contributed by atoms with Gasteiger partial charge in [0.2, 0.25) is 5.91 Å². The Kier molecular flexibility index (Phi) is 7.12. The van der Waals surface area contributed by atoms with Gasteiger partial charge in [0.15, 0.2) is 0 Å². The molecule has 2 aliphatic rings. The van der Waals surface area contributed by atoms with E-state index in [1.807, 2.05) is 0 Å². The predicted molar refractivity (Wildman–Crippen MR) is 124 cm³/mol. The molecule has 2 aromatic rings. The summed E-state index contributed by atoms with van der Waals surface area (Å²) in [7, 11) is 0. The summed E-state index contributed by atoms with van der Waals surface area (Å²) >= 11 is 0. The topological polar surface area (TPSA) is 38.1 Å². The summed E-state index contributed by atoms with van der Waals surface area (Å²) in [5, 5.41) is 0. The summed E-state index contributed by atoms with van der Waals surface area (Å²) < 4.78 is 2.37. The third kappa shape index (κ3) is 4.58. The lowest BCUT2D eigenvalue weighted by atomic mass is 9.80. The molecule has 0 atom stereocenters. The maximum atomic E-state index is 13.2. The standard InChI is InChI=1S/C26H39N3O/c1-3-20-14-16-21(17-15-20)26-27-23-12-8-9-13-24(23)29(26)19-18-25(30)28(4-2)22-10-6-5-7-11-22/h8-9,12-13,20-22H,3-7,10-11,14-19H2,1-2H3/t20-,21-. The third-order valence-electron chi connectivity index (χ3n) is 7.70. The van der Waals surface area contributed by atoms with Crippen molar-refractivity contribution in [1.29, 1.82) is 0 Å². The highest BCUT2D eigenvalue weighted by molar-refractivity contribution is 5.78. The lowest BCUT2D eigenvalue weighted by molar-refractivity contribution is -0.134. The van der Waals surface area contributed by atoms with E-state index in [1.165, 1.54) is 75.5 Å². The van der Waals surface area contributed by atoms with E-state index < -0.39 is 0 Å². The largest absolute Gasteiger partial charge is 0.340 e. The van der Waals surface area contributed by atoms with Crippen molar-refractivity contribution >= 4 is 16.9 Å². The molecular formula is C26H39N3O. The smallest absolute Gasteiger partial charge is 0.224 e. The Labute approximate surface area is 182 Å². The fourth-order valence-corrected chi connectivity index (χ4v) is 5.85. The summed E-state index contributed by atoms with van der Waals surface area (Å²) in [4.78, 5) is 20.4. The normalized spacial score (nSPS) is 23.0. The van der Waals surface area contributed by atoms with Gasteiger partial charge in [-0.3, -0.25) is 4.79 Å². The second kappa shape index (κ2) is 9.98. The van der Waals surface area contributed by atoms with Crippen LogP contribution >= 0.6 is 0 Å². The first-order chi connectivity index (χ1) is 14.7. The van der Waals surface area contributed by atoms with E-state index in [0.717, 1.165) is 24.5 Å². The van der Waals surface area contributed by atoms with Gasteiger partial charge in [-0.2, -0.15) is 0 Å². The minimum Gasteiger partial charge on any atom is -0.340 e. The van der Waals surface area contributed by atoms with E-state index in [-0.39, 0.29) is 0 Å². The molecule has 0 saturated heterocycles. The van der Waals surface area contributed by atoms with Crippen molar-refractivity contribution < 1.29 is 4.79 Å². The van der Waals surface area contributed by atoms with Crippen molar-refractivity contribution in [3.63, 3.8) is 0 Å². The average Bonchev–Trinajstić information content (AvgIpc) is 3.17. The number of benzene rings is 1. The summed E-state index contributed by atoms with van der Waals surface area (Å²) in [6.45, 7) is 6.04. The van der Waals surface area contributed by atoms with Crippen molar-refractivity contribution in [2.75, 3.05) is 6.54 Å². The van der Waals surface area contributed by atoms with Crippen LogP contribution in [0.15, 0.2) is 24.3 Å². The fraction of sp³-hybridized carbons (Fsp3) is 0.692. The summed E-state index contributed by atoms with van der Waals surface area (Å²) in [5.41, 5.74) is 2.27. The molecule has 4 rings (SSSR count). The van der Waals surface area contributed by atoms with Crippen molar-refractivity contribution in [2.45, 2.75) is 103 Å². The molecule has 30 heavy (non-hydrogen) atoms. The Morgan fingerprint density at radius 1 is 1.03 bits per heavy atom. The first-order valence-corrected chi connectivity index (χ1v) is 12.5. The molecule has 1 heterocycles. The minimum atomic E-state index is 0.322. The van der Waals surface area contributed by atoms with Crippen LogP contribution in [-0.2, 0) is 11.3 Å². The molecule has 0 aliphatic heterocycles. The van der Waals surface area contributed by atoms with Gasteiger partial charge in [-0.25, -0.2) is 4.98 Å². The van der Waals surface area contributed by atoms with Crippen molar-refractivity contribution in [3.8, 4) is 0 Å². The third-order valence-corrected chi connectivity index (χ3v) is 7.70. The monoisotopic (exact) mass is 409 g/mol. The first kappa shape index (κ1) is 21.4. The van der Waals surface area contributed by atoms with E-state index >= 15 is 0 Å². The molecule has 4 nitrogen and oxygen atoms in total. The van der Waals surface area contributed by atoms with Crippen LogP contribution in [0.2, 0.25) is 0 Å². The highest BCUT2D eigenvalue weighted by Gasteiger charge is 2.27. The van der Waals surface area contributed by atoms with E-state index in [1.54, 1.807) is 0 Å². The van der Waals surface area contributed by atoms with Gasteiger partial charge in [0, 0.05) is 31.5 Å². The van der Waals surface area contributed by atoms with Gasteiger partial charge in [-0.15, -0.1) is 0 Å². The van der Waals surface area contributed by atoms with Crippen LogP contribution in [0, 0.1) is 5.92 Å². The van der Waals surface area contributed by atoms with Crippen LogP contribution in [0.4, 0.5) is 0 Å². The summed E-state index contributed by atoms with van der Waals surface area (Å²) in [6, 6.07) is 8.92. The van der Waals surface area contributed by atoms with Crippen LogP contribution in [0.1, 0.15) is 96.2 Å². The van der Waals surface area contributed by atoms with Crippen LogP contribution < -0.4 is 0 Å². The second-order valence-electron chi connectivity index (χ2n) is 9.46. The summed E-state index contributed by atoms with van der Waals surface area (Å²) in [6.07, 6.45) is 13.2. The zero-order chi connectivity index (χ0) is 20.9. The van der Waals surface area contributed by atoms with Crippen molar-refractivity contribution in [3.05, 3.63) is 30.1 Å². The predicted octanol–water partition coefficient (Wildman–Crippen LogP) is 6.29. The van der Waals surface area contributed by atoms with Gasteiger partial charge in [0.25, 0.3) is 0 Å². The SMILES string of the molecule is CCN(C(=O)CCn1c2ccccc2nc1[C@H]1CC[C@H](CC)CC1)C1CCCCC1. The lowest BCUT2D eigenvalue weighted by Gasteiger charge is -2.34. The molecule has 0 N–H and O–H groups in total. The number of aryl methyl sites for hydroxylation is 1. The van der Waals surface area contributed by atoms with Gasteiger partial charge in [0.1, 0.15) is 5.82 Å². The molecule has 1 aromatic heterocycles. The molecule has 0 radical (unpaired) electrons. The maximum Gasteiger partial charge on any atom is 0.224 e. The fourth-order valence-electron chi connectivity index (χ4n) is 5.85. The van der Waals surface area contributed by atoms with Crippen molar-refractivity contribution in [1.82, 2.24) is 14.5 Å². The lowest BCUT2D eigenvalue weighted by Crippen LogP contribution is -2.41. The van der Waals surface area contributed by atoms with Gasteiger partial charge in [-0.05, 0) is 63.5 Å². The molecule has 164 valence electrons. The Morgan fingerprint density at radius 3 is 2.47 bits per heavy atom. The number of hydrogen-bond donors (Lipinski definition) is 0. The number of imidazole rings is 1. The van der Waals surface area contributed by atoms with E-state index in [2.05, 4.69) is 47.6 Å². The molecule has 0 unspecified atom stereocenters. The van der Waals surface area contributed by atoms with Gasteiger partial charge in [-0.1, -0.05) is 44.7 Å². The molecule has 1 amide bonds. The molecule has 0 spiro atoms. The molecule has 2 aliphatic carbocycles. The molecule has 2 saturated carbocycles. The molecule has 0 bridgehead atoms. The number of nitrogens with zero attached hydrogens (tertiary/aromatic N) is 3. The molecule has 1 aromatic carbocycles. The van der Waals surface area contributed by atoms with Crippen LogP contribution in [0.5, 0.6) is 0 Å². The number of hydrogen-bond acceptors (Lipinski definition) is 2. The van der Waals surface area contributed by atoms with E-state index in [0.29, 0.717) is 24.3 Å². The van der Waals surface area contributed by atoms with Gasteiger partial charge >= 0.3 is 0 Å². The molecular weight excluding hydrogens is 370 g/mol. The minimum absolute atomic E-state index is 0.322. The van der Waals surface area contributed by atoms with Crippen LogP contribution in [-0.4, -0.2) is 32.9 Å². The number of para-hydroxylation sites is 2. The Morgan fingerprint density at radius 2 is 1.77 bits per heavy atom. The maximum absolute atomic E-state index is 13.2. The zero-order valence-corrected chi connectivity index (χ0v) is 19.0. The van der Waals surface area contributed by atoms with Crippen LogP contribution in [0.3, 0.4) is 0 Å². The zero-order valence-electron chi connectivity index (χ0n) is 19.0. The van der Waals surface area contributed by atoms with E-state index in [9.17, 15) is 4.79 Å². The van der Waals surface area contributed by atoms with Crippen LogP contribution in [0.25, 0.3) is 11.0 Å². The Balaban J connectivity index is 1.50. The molecule has 2 fully saturated rings. The Hall–Kier alpha value is -1.84. The average molecular weight is 410 g/mol. The number of amides is 1. The number of fused-ring (bicyclic) bond motifs is 1. The number of rotatable bonds is 7. The number of carbonyl (C=O) groups is 1. The molecule has 4 heteroatoms. The quantitative estimate of drug-likeness (QED) is 0.539. The number of carbonyl (C=O) groups excluding carboxylic acids is 1. The van der Waals surface area contributed by atoms with Gasteiger partial charge in [0.05, 0.1) is 11.0 Å². The first-order valence-electron chi connectivity index (χ1n) is 12.5. The second-order valence-corrected chi connectivity index (χ2v) is 9.46. The van der Waals surface area contributed by atoms with Gasteiger partial charge < -0.3 is 9.47 Å². The number of aromatic nitrogens is 2. The Bertz CT molecular complexity index is 828. The summed E-state index contributed by atoms with van der Waals surface area (Å²) in [5.74, 6) is 2.97.